The summed E-state index contributed by atoms with van der Waals surface area (Å²) in [6.07, 6.45) is 0.397. The molecule has 18 heavy (non-hydrogen) atoms. The summed E-state index contributed by atoms with van der Waals surface area (Å²) in [6.45, 7) is 11.9. The fraction of sp³-hybridized carbons (Fsp3) is 0.692. The molecular formula is C13H23N3OS. The van der Waals surface area contributed by atoms with Crippen LogP contribution in [0.1, 0.15) is 29.4 Å². The largest absolute Gasteiger partial charge is 0.354 e. The monoisotopic (exact) mass is 269 g/mol. The third-order valence-electron chi connectivity index (χ3n) is 2.97. The molecule has 0 bridgehead atoms. The topological polar surface area (TPSA) is 45.2 Å². The predicted octanol–water partition coefficient (Wildman–Crippen LogP) is 1.76. The van der Waals surface area contributed by atoms with Crippen LogP contribution in [0, 0.1) is 13.8 Å². The van der Waals surface area contributed by atoms with Gasteiger partial charge in [-0.25, -0.2) is 4.98 Å². The van der Waals surface area contributed by atoms with Crippen molar-refractivity contribution in [3.63, 3.8) is 0 Å². The number of likely N-dealkylation sites (N-methyl/N-ethyl adjacent to an activating group) is 1. The van der Waals surface area contributed by atoms with Gasteiger partial charge in [-0.05, 0) is 26.9 Å². The second-order valence-electron chi connectivity index (χ2n) is 4.29. The Hall–Kier alpha value is -0.940. The number of aromatic nitrogens is 1. The van der Waals surface area contributed by atoms with Gasteiger partial charge in [-0.15, -0.1) is 11.3 Å². The number of nitrogens with one attached hydrogen (secondary N) is 1. The molecule has 1 aromatic heterocycles. The maximum Gasteiger partial charge on any atom is 0.226 e. The second-order valence-corrected chi connectivity index (χ2v) is 5.70. The molecule has 0 radical (unpaired) electrons. The van der Waals surface area contributed by atoms with Crippen LogP contribution in [0.25, 0.3) is 0 Å². The van der Waals surface area contributed by atoms with E-state index in [4.69, 9.17) is 0 Å². The molecule has 0 aromatic carbocycles. The van der Waals surface area contributed by atoms with E-state index < -0.39 is 0 Å². The smallest absolute Gasteiger partial charge is 0.226 e. The molecule has 102 valence electrons. The molecule has 0 fully saturated rings. The molecular weight excluding hydrogens is 246 g/mol. The summed E-state index contributed by atoms with van der Waals surface area (Å²) in [5.41, 5.74) is 0.915. The van der Waals surface area contributed by atoms with E-state index in [-0.39, 0.29) is 5.91 Å². The summed E-state index contributed by atoms with van der Waals surface area (Å²) >= 11 is 1.65. The minimum Gasteiger partial charge on any atom is -0.354 e. The zero-order valence-electron chi connectivity index (χ0n) is 11.7. The molecule has 0 aliphatic heterocycles. The molecule has 1 rings (SSSR count). The van der Waals surface area contributed by atoms with E-state index in [1.165, 1.54) is 0 Å². The number of hydrogen-bond acceptors (Lipinski definition) is 4. The van der Waals surface area contributed by atoms with Gasteiger partial charge in [0.2, 0.25) is 5.91 Å². The van der Waals surface area contributed by atoms with Gasteiger partial charge in [0.1, 0.15) is 0 Å². The summed E-state index contributed by atoms with van der Waals surface area (Å²) in [4.78, 5) is 19.6. The second kappa shape index (κ2) is 7.48. The summed E-state index contributed by atoms with van der Waals surface area (Å²) in [5, 5.41) is 3.98. The molecule has 0 unspecified atom stereocenters. The lowest BCUT2D eigenvalue weighted by atomic mass is 10.2. The van der Waals surface area contributed by atoms with Crippen molar-refractivity contribution in [3.05, 3.63) is 15.6 Å². The van der Waals surface area contributed by atoms with E-state index >= 15 is 0 Å². The van der Waals surface area contributed by atoms with E-state index in [0.717, 1.165) is 35.2 Å². The molecule has 1 aromatic rings. The van der Waals surface area contributed by atoms with E-state index in [0.29, 0.717) is 13.0 Å². The van der Waals surface area contributed by atoms with E-state index in [9.17, 15) is 4.79 Å². The van der Waals surface area contributed by atoms with Crippen LogP contribution in [0.4, 0.5) is 0 Å². The fourth-order valence-electron chi connectivity index (χ4n) is 1.84. The van der Waals surface area contributed by atoms with E-state index in [1.54, 1.807) is 11.3 Å². The van der Waals surface area contributed by atoms with Crippen molar-refractivity contribution in [2.24, 2.45) is 0 Å². The Morgan fingerprint density at radius 1 is 1.33 bits per heavy atom. The quantitative estimate of drug-likeness (QED) is 0.820. The highest BCUT2D eigenvalue weighted by Crippen LogP contribution is 2.16. The maximum absolute atomic E-state index is 11.8. The molecule has 5 heteroatoms. The summed E-state index contributed by atoms with van der Waals surface area (Å²) in [5.74, 6) is 0.0653. The first-order chi connectivity index (χ1) is 8.56. The predicted molar refractivity (Wildman–Crippen MR) is 76.1 cm³/mol. The molecule has 0 spiro atoms. The number of nitrogens with zero attached hydrogens (tertiary/aromatic N) is 2. The van der Waals surface area contributed by atoms with Crippen molar-refractivity contribution in [2.45, 2.75) is 34.1 Å². The van der Waals surface area contributed by atoms with Gasteiger partial charge >= 0.3 is 0 Å². The van der Waals surface area contributed by atoms with Crippen molar-refractivity contribution in [2.75, 3.05) is 26.2 Å². The molecule has 1 N–H and O–H groups in total. The highest BCUT2D eigenvalue weighted by molar-refractivity contribution is 7.11. The zero-order chi connectivity index (χ0) is 13.5. The zero-order valence-corrected chi connectivity index (χ0v) is 12.6. The van der Waals surface area contributed by atoms with Crippen LogP contribution < -0.4 is 5.32 Å². The lowest BCUT2D eigenvalue weighted by Crippen LogP contribution is -2.35. The number of rotatable bonds is 7. The third-order valence-corrected chi connectivity index (χ3v) is 3.90. The lowest BCUT2D eigenvalue weighted by molar-refractivity contribution is -0.120. The Labute approximate surface area is 113 Å². The average Bonchev–Trinajstić information content (AvgIpc) is 2.63. The molecule has 0 aliphatic rings. The van der Waals surface area contributed by atoms with Crippen LogP contribution in [-0.2, 0) is 11.2 Å². The molecule has 1 amide bonds. The van der Waals surface area contributed by atoms with Crippen LogP contribution in [0.5, 0.6) is 0 Å². The minimum atomic E-state index is 0.0653. The molecule has 0 atom stereocenters. The number of carbonyl (C=O) groups excluding carboxylic acids is 1. The fourth-order valence-corrected chi connectivity index (χ4v) is 2.68. The molecule has 4 nitrogen and oxygen atoms in total. The Morgan fingerprint density at radius 3 is 2.50 bits per heavy atom. The maximum atomic E-state index is 11.8. The first kappa shape index (κ1) is 15.1. The van der Waals surface area contributed by atoms with Gasteiger partial charge in [0.25, 0.3) is 0 Å². The highest BCUT2D eigenvalue weighted by atomic mass is 32.1. The Bertz CT molecular complexity index is 386. The van der Waals surface area contributed by atoms with Crippen molar-refractivity contribution >= 4 is 17.2 Å². The summed E-state index contributed by atoms with van der Waals surface area (Å²) < 4.78 is 0. The van der Waals surface area contributed by atoms with Crippen LogP contribution in [0.3, 0.4) is 0 Å². The van der Waals surface area contributed by atoms with Crippen LogP contribution >= 0.6 is 11.3 Å². The Balaban J connectivity index is 2.32. The number of aryl methyl sites for hydroxylation is 2. The SMILES string of the molecule is CCN(CC)CCNC(=O)Cc1nc(C)sc1C. The third kappa shape index (κ3) is 4.74. The lowest BCUT2D eigenvalue weighted by Gasteiger charge is -2.17. The number of carbonyl (C=O) groups is 1. The molecule has 0 saturated heterocycles. The summed E-state index contributed by atoms with van der Waals surface area (Å²) in [7, 11) is 0. The molecule has 1 heterocycles. The van der Waals surface area contributed by atoms with Crippen LogP contribution in [-0.4, -0.2) is 42.0 Å². The normalized spacial score (nSPS) is 10.9. The standard InChI is InChI=1S/C13H23N3OS/c1-5-16(6-2)8-7-14-13(17)9-12-10(3)18-11(4)15-12/h5-9H2,1-4H3,(H,14,17). The summed E-state index contributed by atoms with van der Waals surface area (Å²) in [6, 6.07) is 0. The number of amides is 1. The van der Waals surface area contributed by atoms with Crippen molar-refractivity contribution in [1.82, 2.24) is 15.2 Å². The number of thiazole rings is 1. The van der Waals surface area contributed by atoms with Gasteiger partial charge in [0.15, 0.2) is 0 Å². The van der Waals surface area contributed by atoms with Gasteiger partial charge in [-0.3, -0.25) is 4.79 Å². The molecule has 0 aliphatic carbocycles. The van der Waals surface area contributed by atoms with Crippen LogP contribution in [0.2, 0.25) is 0 Å². The van der Waals surface area contributed by atoms with Gasteiger partial charge in [-0.1, -0.05) is 13.8 Å². The first-order valence-electron chi connectivity index (χ1n) is 6.48. The minimum absolute atomic E-state index is 0.0653. The van der Waals surface area contributed by atoms with E-state index in [2.05, 4.69) is 29.0 Å². The van der Waals surface area contributed by atoms with Gasteiger partial charge in [0.05, 0.1) is 17.1 Å². The van der Waals surface area contributed by atoms with Crippen molar-refractivity contribution < 1.29 is 4.79 Å². The van der Waals surface area contributed by atoms with E-state index in [1.807, 2.05) is 13.8 Å². The Kier molecular flexibility index (Phi) is 6.29. The first-order valence-corrected chi connectivity index (χ1v) is 7.30. The number of hydrogen-bond donors (Lipinski definition) is 1. The molecule has 0 saturated carbocycles. The van der Waals surface area contributed by atoms with Crippen LogP contribution in [0.15, 0.2) is 0 Å². The Morgan fingerprint density at radius 2 is 2.00 bits per heavy atom. The van der Waals surface area contributed by atoms with Crippen molar-refractivity contribution in [3.8, 4) is 0 Å². The van der Waals surface area contributed by atoms with Crippen molar-refractivity contribution in [1.29, 1.82) is 0 Å². The van der Waals surface area contributed by atoms with Gasteiger partial charge in [0, 0.05) is 18.0 Å². The highest BCUT2D eigenvalue weighted by Gasteiger charge is 2.10. The van der Waals surface area contributed by atoms with Gasteiger partial charge in [-0.2, -0.15) is 0 Å². The van der Waals surface area contributed by atoms with Gasteiger partial charge < -0.3 is 10.2 Å². The average molecular weight is 269 g/mol.